The first-order valence-electron chi connectivity index (χ1n) is 5.63. The largest absolute Gasteiger partial charge is 0.399 e. The number of nitrogen functional groups attached to an aromatic ring is 1. The van der Waals surface area contributed by atoms with Crippen LogP contribution in [0.4, 0.5) is 11.4 Å². The van der Waals surface area contributed by atoms with Crippen LogP contribution in [0.1, 0.15) is 16.1 Å². The summed E-state index contributed by atoms with van der Waals surface area (Å²) in [6, 6.07) is 7.23. The Bertz CT molecular complexity index is 588. The maximum absolute atomic E-state index is 12.3. The van der Waals surface area contributed by atoms with Gasteiger partial charge in [0.1, 0.15) is 0 Å². The molecule has 0 aliphatic carbocycles. The van der Waals surface area contributed by atoms with E-state index in [1.807, 2.05) is 26.1 Å². The van der Waals surface area contributed by atoms with Gasteiger partial charge in [0.15, 0.2) is 0 Å². The van der Waals surface area contributed by atoms with E-state index in [4.69, 9.17) is 5.73 Å². The summed E-state index contributed by atoms with van der Waals surface area (Å²) in [5.41, 5.74) is 8.56. The fourth-order valence-electron chi connectivity index (χ4n) is 1.74. The molecular weight excluding hydrogens is 228 g/mol. The van der Waals surface area contributed by atoms with Gasteiger partial charge in [-0.2, -0.15) is 5.10 Å². The SMILES string of the molecule is Cc1c(C(=O)N(C)c2cccc(N)c2)cnn1C. The summed E-state index contributed by atoms with van der Waals surface area (Å²) in [6.07, 6.45) is 1.58. The second-order valence-corrected chi connectivity index (χ2v) is 4.23. The van der Waals surface area contributed by atoms with Crippen LogP contribution in [0.2, 0.25) is 0 Å². The van der Waals surface area contributed by atoms with Crippen molar-refractivity contribution in [1.82, 2.24) is 9.78 Å². The predicted molar refractivity (Wildman–Crippen MR) is 71.5 cm³/mol. The van der Waals surface area contributed by atoms with Gasteiger partial charge in [-0.05, 0) is 25.1 Å². The van der Waals surface area contributed by atoms with Crippen molar-refractivity contribution in [3.05, 3.63) is 41.7 Å². The van der Waals surface area contributed by atoms with Crippen LogP contribution in [0.3, 0.4) is 0 Å². The number of amides is 1. The van der Waals surface area contributed by atoms with Crippen molar-refractivity contribution in [2.24, 2.45) is 7.05 Å². The van der Waals surface area contributed by atoms with Gasteiger partial charge in [0.05, 0.1) is 11.8 Å². The van der Waals surface area contributed by atoms with Gasteiger partial charge in [0, 0.05) is 31.2 Å². The molecule has 94 valence electrons. The summed E-state index contributed by atoms with van der Waals surface area (Å²) >= 11 is 0. The first-order chi connectivity index (χ1) is 8.50. The molecule has 0 aliphatic rings. The number of nitrogens with two attached hydrogens (primary N) is 1. The molecule has 2 N–H and O–H groups in total. The standard InChI is InChI=1S/C13H16N4O/c1-9-12(8-15-17(9)3)13(18)16(2)11-6-4-5-10(14)7-11/h4-8H,14H2,1-3H3. The minimum Gasteiger partial charge on any atom is -0.399 e. The third-order valence-electron chi connectivity index (χ3n) is 3.03. The number of benzene rings is 1. The van der Waals surface area contributed by atoms with Gasteiger partial charge in [-0.1, -0.05) is 6.07 Å². The zero-order chi connectivity index (χ0) is 13.3. The molecule has 5 nitrogen and oxygen atoms in total. The zero-order valence-corrected chi connectivity index (χ0v) is 10.7. The number of carbonyl (C=O) groups is 1. The van der Waals surface area contributed by atoms with Crippen LogP contribution in [-0.2, 0) is 7.05 Å². The van der Waals surface area contributed by atoms with Crippen molar-refractivity contribution >= 4 is 17.3 Å². The van der Waals surface area contributed by atoms with E-state index in [0.717, 1.165) is 11.4 Å². The van der Waals surface area contributed by atoms with Gasteiger partial charge in [-0.15, -0.1) is 0 Å². The van der Waals surface area contributed by atoms with Gasteiger partial charge >= 0.3 is 0 Å². The topological polar surface area (TPSA) is 64.2 Å². The molecule has 0 radical (unpaired) electrons. The molecule has 0 fully saturated rings. The molecule has 18 heavy (non-hydrogen) atoms. The Morgan fingerprint density at radius 1 is 1.44 bits per heavy atom. The number of hydrogen-bond acceptors (Lipinski definition) is 3. The van der Waals surface area contributed by atoms with E-state index < -0.39 is 0 Å². The third-order valence-corrected chi connectivity index (χ3v) is 3.03. The first kappa shape index (κ1) is 12.2. The maximum Gasteiger partial charge on any atom is 0.261 e. The summed E-state index contributed by atoms with van der Waals surface area (Å²) in [6.45, 7) is 1.87. The Balaban J connectivity index is 2.32. The van der Waals surface area contributed by atoms with Gasteiger partial charge in [0.2, 0.25) is 0 Å². The first-order valence-corrected chi connectivity index (χ1v) is 5.63. The lowest BCUT2D eigenvalue weighted by Gasteiger charge is -2.17. The lowest BCUT2D eigenvalue weighted by Crippen LogP contribution is -2.26. The lowest BCUT2D eigenvalue weighted by molar-refractivity contribution is 0.0992. The average Bonchev–Trinajstić information content (AvgIpc) is 2.68. The molecule has 0 atom stereocenters. The zero-order valence-electron chi connectivity index (χ0n) is 10.7. The molecule has 0 aliphatic heterocycles. The normalized spacial score (nSPS) is 10.4. The average molecular weight is 244 g/mol. The molecular formula is C13H16N4O. The molecule has 0 bridgehead atoms. The number of aryl methyl sites for hydroxylation is 1. The number of rotatable bonds is 2. The van der Waals surface area contributed by atoms with Crippen molar-refractivity contribution in [3.63, 3.8) is 0 Å². The lowest BCUT2D eigenvalue weighted by atomic mass is 10.2. The van der Waals surface area contributed by atoms with Crippen molar-refractivity contribution in [1.29, 1.82) is 0 Å². The molecule has 1 heterocycles. The predicted octanol–water partition coefficient (Wildman–Crippen LogP) is 1.59. The highest BCUT2D eigenvalue weighted by Gasteiger charge is 2.18. The van der Waals surface area contributed by atoms with E-state index in [9.17, 15) is 4.79 Å². The summed E-state index contributed by atoms with van der Waals surface area (Å²) in [5, 5.41) is 4.08. The molecule has 1 aromatic heterocycles. The monoisotopic (exact) mass is 244 g/mol. The Morgan fingerprint density at radius 2 is 2.17 bits per heavy atom. The van der Waals surface area contributed by atoms with Crippen LogP contribution < -0.4 is 10.6 Å². The van der Waals surface area contributed by atoms with Crippen LogP contribution in [-0.4, -0.2) is 22.7 Å². The Morgan fingerprint density at radius 3 is 2.72 bits per heavy atom. The van der Waals surface area contributed by atoms with Gasteiger partial charge < -0.3 is 10.6 Å². The second-order valence-electron chi connectivity index (χ2n) is 4.23. The van der Waals surface area contributed by atoms with E-state index in [1.54, 1.807) is 35.0 Å². The summed E-state index contributed by atoms with van der Waals surface area (Å²) in [5.74, 6) is -0.0915. The van der Waals surface area contributed by atoms with Crippen molar-refractivity contribution in [2.75, 3.05) is 17.7 Å². The van der Waals surface area contributed by atoms with E-state index in [2.05, 4.69) is 5.10 Å². The van der Waals surface area contributed by atoms with Gasteiger partial charge in [-0.25, -0.2) is 0 Å². The van der Waals surface area contributed by atoms with Crippen LogP contribution in [0, 0.1) is 6.92 Å². The smallest absolute Gasteiger partial charge is 0.261 e. The minimum absolute atomic E-state index is 0.0915. The van der Waals surface area contributed by atoms with Crippen LogP contribution in [0.25, 0.3) is 0 Å². The molecule has 0 saturated carbocycles. The second kappa shape index (κ2) is 4.52. The highest BCUT2D eigenvalue weighted by molar-refractivity contribution is 6.06. The Kier molecular flexibility index (Phi) is 3.06. The third kappa shape index (κ3) is 2.07. The Hall–Kier alpha value is -2.30. The molecule has 5 heteroatoms. The van der Waals surface area contributed by atoms with Crippen LogP contribution >= 0.6 is 0 Å². The fraction of sp³-hybridized carbons (Fsp3) is 0.231. The molecule has 2 rings (SSSR count). The highest BCUT2D eigenvalue weighted by atomic mass is 16.2. The van der Waals surface area contributed by atoms with Crippen LogP contribution in [0.15, 0.2) is 30.5 Å². The van der Waals surface area contributed by atoms with Crippen LogP contribution in [0.5, 0.6) is 0 Å². The molecule has 1 aromatic carbocycles. The molecule has 0 unspecified atom stereocenters. The van der Waals surface area contributed by atoms with Crippen molar-refractivity contribution < 1.29 is 4.79 Å². The summed E-state index contributed by atoms with van der Waals surface area (Å²) in [7, 11) is 3.54. The summed E-state index contributed by atoms with van der Waals surface area (Å²) < 4.78 is 1.68. The fourth-order valence-corrected chi connectivity index (χ4v) is 1.74. The minimum atomic E-state index is -0.0915. The molecule has 0 saturated heterocycles. The van der Waals surface area contributed by atoms with Gasteiger partial charge in [-0.3, -0.25) is 9.48 Å². The quantitative estimate of drug-likeness (QED) is 0.816. The number of nitrogens with zero attached hydrogens (tertiary/aromatic N) is 3. The number of carbonyl (C=O) groups excluding carboxylic acids is 1. The van der Waals surface area contributed by atoms with E-state index in [1.165, 1.54) is 0 Å². The molecule has 0 spiro atoms. The number of aromatic nitrogens is 2. The number of hydrogen-bond donors (Lipinski definition) is 1. The van der Waals surface area contributed by atoms with E-state index in [0.29, 0.717) is 11.3 Å². The highest BCUT2D eigenvalue weighted by Crippen LogP contribution is 2.19. The maximum atomic E-state index is 12.3. The van der Waals surface area contributed by atoms with E-state index >= 15 is 0 Å². The van der Waals surface area contributed by atoms with Crippen molar-refractivity contribution in [3.8, 4) is 0 Å². The summed E-state index contributed by atoms with van der Waals surface area (Å²) in [4.78, 5) is 13.9. The molecule has 2 aromatic rings. The van der Waals surface area contributed by atoms with Gasteiger partial charge in [0.25, 0.3) is 5.91 Å². The number of anilines is 2. The van der Waals surface area contributed by atoms with E-state index in [-0.39, 0.29) is 5.91 Å². The van der Waals surface area contributed by atoms with Crippen molar-refractivity contribution in [2.45, 2.75) is 6.92 Å². The molecule has 1 amide bonds. The Labute approximate surface area is 106 Å².